The molecule has 5 nitrogen and oxygen atoms in total. The molecule has 8 heteroatoms. The molecule has 0 aliphatic rings. The number of nitrogens with zero attached hydrogens (tertiary/aromatic N) is 1. The summed E-state index contributed by atoms with van der Waals surface area (Å²) in [5, 5.41) is 7.32. The normalized spacial score (nSPS) is 10.7. The van der Waals surface area contributed by atoms with E-state index in [1.807, 2.05) is 43.3 Å². The Labute approximate surface area is 194 Å². The van der Waals surface area contributed by atoms with E-state index in [-0.39, 0.29) is 5.11 Å². The van der Waals surface area contributed by atoms with Gasteiger partial charge in [0.15, 0.2) is 5.11 Å². The molecule has 31 heavy (non-hydrogen) atoms. The van der Waals surface area contributed by atoms with Crippen LogP contribution in [0.2, 0.25) is 5.02 Å². The van der Waals surface area contributed by atoms with Gasteiger partial charge in [-0.05, 0) is 61.1 Å². The van der Waals surface area contributed by atoms with Crippen molar-refractivity contribution in [3.05, 3.63) is 76.8 Å². The summed E-state index contributed by atoms with van der Waals surface area (Å²) in [7, 11) is 1.49. The van der Waals surface area contributed by atoms with Crippen LogP contribution in [0, 0.1) is 6.92 Å². The van der Waals surface area contributed by atoms with Crippen LogP contribution in [0.5, 0.6) is 5.75 Å². The van der Waals surface area contributed by atoms with Crippen LogP contribution in [0.15, 0.2) is 60.7 Å². The van der Waals surface area contributed by atoms with Crippen LogP contribution in [0.4, 0.5) is 5.69 Å². The van der Waals surface area contributed by atoms with Gasteiger partial charge < -0.3 is 10.1 Å². The van der Waals surface area contributed by atoms with Crippen LogP contribution < -0.4 is 15.4 Å². The molecule has 0 aliphatic carbocycles. The Morgan fingerprint density at radius 1 is 1.13 bits per heavy atom. The predicted octanol–water partition coefficient (Wildman–Crippen LogP) is 6.06. The van der Waals surface area contributed by atoms with Gasteiger partial charge in [0.1, 0.15) is 10.8 Å². The van der Waals surface area contributed by atoms with Gasteiger partial charge in [0.2, 0.25) is 0 Å². The molecule has 1 heterocycles. The molecule has 0 saturated carbocycles. The Morgan fingerprint density at radius 2 is 1.94 bits per heavy atom. The van der Waals surface area contributed by atoms with E-state index >= 15 is 0 Å². The zero-order valence-corrected chi connectivity index (χ0v) is 19.1. The van der Waals surface area contributed by atoms with E-state index in [1.54, 1.807) is 23.5 Å². The Kier molecular flexibility index (Phi) is 6.18. The largest absolute Gasteiger partial charge is 0.496 e. The summed E-state index contributed by atoms with van der Waals surface area (Å²) < 4.78 is 6.37. The Morgan fingerprint density at radius 3 is 2.71 bits per heavy atom. The molecule has 0 atom stereocenters. The number of para-hydroxylation sites is 1. The standard InChI is InChI=1S/C23H18ClN3O2S2/c1-13-7-8-14(22-25-17-5-3-4-6-20(17)31-22)11-18(13)26-23(30)27-21(28)16-12-15(24)9-10-19(16)29-2/h3-12H,1-2H3,(H2,26,27,28,30). The number of ether oxygens (including phenoxy) is 1. The zero-order chi connectivity index (χ0) is 22.0. The number of hydrogen-bond donors (Lipinski definition) is 2. The van der Waals surface area contributed by atoms with Crippen molar-refractivity contribution in [1.29, 1.82) is 0 Å². The molecule has 4 rings (SSSR count). The highest BCUT2D eigenvalue weighted by atomic mass is 35.5. The van der Waals surface area contributed by atoms with E-state index in [1.165, 1.54) is 13.2 Å². The lowest BCUT2D eigenvalue weighted by atomic mass is 10.1. The second-order valence-electron chi connectivity index (χ2n) is 6.77. The number of amides is 1. The molecule has 0 radical (unpaired) electrons. The number of aromatic nitrogens is 1. The number of carbonyl (C=O) groups is 1. The SMILES string of the molecule is COc1ccc(Cl)cc1C(=O)NC(=S)Nc1cc(-c2nc3ccccc3s2)ccc1C. The summed E-state index contributed by atoms with van der Waals surface area (Å²) in [6, 6.07) is 18.9. The van der Waals surface area contributed by atoms with Crippen LogP contribution in [0.3, 0.4) is 0 Å². The quantitative estimate of drug-likeness (QED) is 0.357. The summed E-state index contributed by atoms with van der Waals surface area (Å²) in [6.45, 7) is 1.97. The van der Waals surface area contributed by atoms with Gasteiger partial charge in [0, 0.05) is 16.3 Å². The lowest BCUT2D eigenvalue weighted by Crippen LogP contribution is -2.34. The minimum Gasteiger partial charge on any atom is -0.496 e. The minimum atomic E-state index is -0.406. The van der Waals surface area contributed by atoms with Crippen LogP contribution in [0.25, 0.3) is 20.8 Å². The Bertz CT molecular complexity index is 1270. The number of fused-ring (bicyclic) bond motifs is 1. The molecule has 156 valence electrons. The van der Waals surface area contributed by atoms with Crippen molar-refractivity contribution in [2.45, 2.75) is 6.92 Å². The molecule has 0 spiro atoms. The van der Waals surface area contributed by atoms with Gasteiger partial charge in [-0.1, -0.05) is 35.9 Å². The predicted molar refractivity (Wildman–Crippen MR) is 131 cm³/mol. The highest BCUT2D eigenvalue weighted by Gasteiger charge is 2.15. The number of aryl methyl sites for hydroxylation is 1. The molecule has 0 bridgehead atoms. The second-order valence-corrected chi connectivity index (χ2v) is 8.64. The molecule has 0 unspecified atom stereocenters. The molecule has 1 aromatic heterocycles. The van der Waals surface area contributed by atoms with Gasteiger partial charge in [0.25, 0.3) is 5.91 Å². The van der Waals surface area contributed by atoms with Gasteiger partial charge in [-0.15, -0.1) is 11.3 Å². The highest BCUT2D eigenvalue weighted by Crippen LogP contribution is 2.32. The second kappa shape index (κ2) is 9.01. The molecule has 4 aromatic rings. The van der Waals surface area contributed by atoms with Gasteiger partial charge in [-0.3, -0.25) is 10.1 Å². The topological polar surface area (TPSA) is 63.2 Å². The molecular weight excluding hydrogens is 450 g/mol. The van der Waals surface area contributed by atoms with Crippen molar-refractivity contribution < 1.29 is 9.53 Å². The number of carbonyl (C=O) groups excluding carboxylic acids is 1. The lowest BCUT2D eigenvalue weighted by Gasteiger charge is -2.14. The van der Waals surface area contributed by atoms with E-state index in [0.717, 1.165) is 32.0 Å². The zero-order valence-electron chi connectivity index (χ0n) is 16.7. The first kappa shape index (κ1) is 21.2. The molecule has 0 fully saturated rings. The van der Waals surface area contributed by atoms with Crippen LogP contribution in [-0.4, -0.2) is 23.1 Å². The number of thiocarbonyl (C=S) groups is 1. The highest BCUT2D eigenvalue weighted by molar-refractivity contribution is 7.80. The fraction of sp³-hybridized carbons (Fsp3) is 0.0870. The Balaban J connectivity index is 1.54. The first-order valence-corrected chi connectivity index (χ1v) is 11.0. The number of rotatable bonds is 4. The number of anilines is 1. The Hall–Kier alpha value is -3.00. The first-order valence-electron chi connectivity index (χ1n) is 9.37. The summed E-state index contributed by atoms with van der Waals surface area (Å²) in [6.07, 6.45) is 0. The third kappa shape index (κ3) is 4.69. The fourth-order valence-corrected chi connectivity index (χ4v) is 4.40. The van der Waals surface area contributed by atoms with Crippen LogP contribution in [0.1, 0.15) is 15.9 Å². The molecule has 0 aliphatic heterocycles. The van der Waals surface area contributed by atoms with E-state index in [2.05, 4.69) is 16.7 Å². The van der Waals surface area contributed by atoms with Crippen molar-refractivity contribution in [3.8, 4) is 16.3 Å². The number of thiazole rings is 1. The number of methoxy groups -OCH3 is 1. The summed E-state index contributed by atoms with van der Waals surface area (Å²) >= 11 is 13.0. The molecule has 1 amide bonds. The fourth-order valence-electron chi connectivity index (χ4n) is 3.07. The number of nitrogens with one attached hydrogen (secondary N) is 2. The average molecular weight is 468 g/mol. The third-order valence-electron chi connectivity index (χ3n) is 4.66. The van der Waals surface area contributed by atoms with Gasteiger partial charge in [0.05, 0.1) is 22.9 Å². The first-order chi connectivity index (χ1) is 14.9. The third-order valence-corrected chi connectivity index (χ3v) is 6.18. The molecule has 3 aromatic carbocycles. The van der Waals surface area contributed by atoms with Crippen LogP contribution >= 0.6 is 35.2 Å². The summed E-state index contributed by atoms with van der Waals surface area (Å²) in [5.74, 6) is 0.00976. The maximum absolute atomic E-state index is 12.7. The number of benzene rings is 3. The summed E-state index contributed by atoms with van der Waals surface area (Å²) in [4.78, 5) is 17.4. The van der Waals surface area contributed by atoms with Crippen molar-refractivity contribution in [2.24, 2.45) is 0 Å². The molecular formula is C23H18ClN3O2S2. The van der Waals surface area contributed by atoms with Crippen molar-refractivity contribution in [3.63, 3.8) is 0 Å². The molecule has 2 N–H and O–H groups in total. The van der Waals surface area contributed by atoms with Crippen LogP contribution in [-0.2, 0) is 0 Å². The lowest BCUT2D eigenvalue weighted by molar-refractivity contribution is 0.0975. The minimum absolute atomic E-state index is 0.177. The number of hydrogen-bond acceptors (Lipinski definition) is 5. The maximum atomic E-state index is 12.7. The average Bonchev–Trinajstić information content (AvgIpc) is 3.19. The summed E-state index contributed by atoms with van der Waals surface area (Å²) in [5.41, 5.74) is 4.02. The van der Waals surface area contributed by atoms with Gasteiger partial charge >= 0.3 is 0 Å². The van der Waals surface area contributed by atoms with Gasteiger partial charge in [-0.2, -0.15) is 0 Å². The van der Waals surface area contributed by atoms with Crippen molar-refractivity contribution in [2.75, 3.05) is 12.4 Å². The van der Waals surface area contributed by atoms with Crippen molar-refractivity contribution >= 4 is 62.1 Å². The van der Waals surface area contributed by atoms with E-state index in [0.29, 0.717) is 16.3 Å². The van der Waals surface area contributed by atoms with Gasteiger partial charge in [-0.25, -0.2) is 4.98 Å². The van der Waals surface area contributed by atoms with E-state index < -0.39 is 5.91 Å². The van der Waals surface area contributed by atoms with Crippen molar-refractivity contribution in [1.82, 2.24) is 10.3 Å². The smallest absolute Gasteiger partial charge is 0.261 e. The monoisotopic (exact) mass is 467 g/mol. The molecule has 0 saturated heterocycles. The maximum Gasteiger partial charge on any atom is 0.261 e. The number of halogens is 1. The van der Waals surface area contributed by atoms with E-state index in [4.69, 9.17) is 33.5 Å². The van der Waals surface area contributed by atoms with E-state index in [9.17, 15) is 4.79 Å².